The molecule has 57 heavy (non-hydrogen) atoms. The van der Waals surface area contributed by atoms with Gasteiger partial charge in [0.25, 0.3) is 0 Å². The van der Waals surface area contributed by atoms with Crippen molar-refractivity contribution in [2.75, 3.05) is 41.0 Å². The lowest BCUT2D eigenvalue weighted by Gasteiger charge is -2.31. The van der Waals surface area contributed by atoms with Gasteiger partial charge >= 0.3 is 17.9 Å². The molecule has 0 saturated carbocycles. The van der Waals surface area contributed by atoms with Crippen molar-refractivity contribution < 1.29 is 38.2 Å². The molecule has 0 rings (SSSR count). The normalized spacial score (nSPS) is 12.9. The second kappa shape index (κ2) is 40.8. The molecule has 0 heterocycles. The highest BCUT2D eigenvalue weighted by molar-refractivity contribution is 5.72. The summed E-state index contributed by atoms with van der Waals surface area (Å²) in [4.78, 5) is 37.0. The van der Waals surface area contributed by atoms with Crippen LogP contribution in [0.4, 0.5) is 0 Å². The lowest BCUT2D eigenvalue weighted by Crippen LogP contribution is -2.50. The van der Waals surface area contributed by atoms with E-state index in [1.54, 1.807) is 0 Å². The molecule has 0 saturated heterocycles. The number of allylic oxidation sites excluding steroid dienone is 2. The number of quaternary nitrogens is 1. The molecule has 0 aromatic carbocycles. The number of esters is 2. The minimum absolute atomic E-state index is 0.0481. The van der Waals surface area contributed by atoms with Gasteiger partial charge in [0.2, 0.25) is 0 Å². The summed E-state index contributed by atoms with van der Waals surface area (Å²) < 4.78 is 17.3. The summed E-state index contributed by atoms with van der Waals surface area (Å²) in [6.45, 7) is 4.74. The van der Waals surface area contributed by atoms with Crippen LogP contribution in [0, 0.1) is 0 Å². The van der Waals surface area contributed by atoms with E-state index in [9.17, 15) is 19.5 Å². The van der Waals surface area contributed by atoms with Crippen LogP contribution in [0.5, 0.6) is 0 Å². The van der Waals surface area contributed by atoms with Gasteiger partial charge in [-0.3, -0.25) is 9.59 Å². The average molecular weight is 809 g/mol. The number of unbranched alkanes of at least 4 members (excludes halogenated alkanes) is 28. The molecule has 0 aliphatic heterocycles. The number of ether oxygens (including phenoxy) is 3. The van der Waals surface area contributed by atoms with E-state index in [2.05, 4.69) is 26.0 Å². The van der Waals surface area contributed by atoms with E-state index in [-0.39, 0.29) is 36.2 Å². The number of carboxylic acid groups (broad SMARTS) is 1. The van der Waals surface area contributed by atoms with Gasteiger partial charge in [0.05, 0.1) is 34.4 Å². The van der Waals surface area contributed by atoms with Gasteiger partial charge in [-0.05, 0) is 38.5 Å². The second-order valence-corrected chi connectivity index (χ2v) is 17.7. The molecule has 0 spiro atoms. The van der Waals surface area contributed by atoms with Gasteiger partial charge in [0.1, 0.15) is 6.61 Å². The Morgan fingerprint density at radius 3 is 1.30 bits per heavy atom. The number of carbonyl (C=O) groups is 3. The van der Waals surface area contributed by atoms with E-state index in [1.165, 1.54) is 148 Å². The fourth-order valence-electron chi connectivity index (χ4n) is 7.38. The van der Waals surface area contributed by atoms with Crippen LogP contribution >= 0.6 is 0 Å². The summed E-state index contributed by atoms with van der Waals surface area (Å²) in [5.41, 5.74) is 0. The van der Waals surface area contributed by atoms with Crippen molar-refractivity contribution in [3.05, 3.63) is 12.2 Å². The van der Waals surface area contributed by atoms with Gasteiger partial charge in [-0.15, -0.1) is 0 Å². The number of aliphatic carboxylic acids is 1. The highest BCUT2D eigenvalue weighted by atomic mass is 16.6. The predicted molar refractivity (Wildman–Crippen MR) is 239 cm³/mol. The fraction of sp³-hybridized carbons (Fsp3) is 0.898. The molecule has 8 heteroatoms. The first-order valence-corrected chi connectivity index (χ1v) is 24.2. The van der Waals surface area contributed by atoms with Crippen LogP contribution in [0.3, 0.4) is 0 Å². The first kappa shape index (κ1) is 55.1. The zero-order valence-corrected chi connectivity index (χ0v) is 38.3. The molecule has 0 aromatic rings. The molecule has 8 nitrogen and oxygen atoms in total. The Morgan fingerprint density at radius 1 is 0.509 bits per heavy atom. The summed E-state index contributed by atoms with van der Waals surface area (Å²) in [6.07, 6.45) is 44.0. The zero-order chi connectivity index (χ0) is 42.1. The molecular weight excluding hydrogens is 715 g/mol. The van der Waals surface area contributed by atoms with E-state index >= 15 is 0 Å². The molecular formula is C49H94NO7+. The maximum Gasteiger partial charge on any atom is 0.362 e. The van der Waals surface area contributed by atoms with Gasteiger partial charge in [-0.1, -0.05) is 187 Å². The lowest BCUT2D eigenvalue weighted by atomic mass is 10.0. The minimum Gasteiger partial charge on any atom is -0.477 e. The van der Waals surface area contributed by atoms with Gasteiger partial charge in [-0.2, -0.15) is 0 Å². The number of rotatable bonds is 44. The summed E-state index contributed by atoms with van der Waals surface area (Å²) in [5.74, 6) is -1.46. The number of nitrogens with zero attached hydrogens (tertiary/aromatic N) is 1. The average Bonchev–Trinajstić information content (AvgIpc) is 3.17. The zero-order valence-electron chi connectivity index (χ0n) is 38.3. The molecule has 2 atom stereocenters. The van der Waals surface area contributed by atoms with Crippen LogP contribution in [-0.4, -0.2) is 80.6 Å². The Hall–Kier alpha value is -1.93. The van der Waals surface area contributed by atoms with Crippen molar-refractivity contribution in [2.45, 2.75) is 244 Å². The number of likely N-dealkylation sites (N-methyl/N-ethyl adjacent to an activating group) is 1. The van der Waals surface area contributed by atoms with Crippen LogP contribution in [0.2, 0.25) is 0 Å². The monoisotopic (exact) mass is 809 g/mol. The summed E-state index contributed by atoms with van der Waals surface area (Å²) >= 11 is 0. The van der Waals surface area contributed by atoms with Crippen LogP contribution in [0.25, 0.3) is 0 Å². The van der Waals surface area contributed by atoms with Crippen molar-refractivity contribution in [3.63, 3.8) is 0 Å². The van der Waals surface area contributed by atoms with Gasteiger partial charge in [0, 0.05) is 19.3 Å². The van der Waals surface area contributed by atoms with E-state index in [1.807, 2.05) is 21.1 Å². The quantitative estimate of drug-likeness (QED) is 0.0283. The van der Waals surface area contributed by atoms with Crippen molar-refractivity contribution in [2.24, 2.45) is 0 Å². The molecule has 0 fully saturated rings. The molecule has 0 bridgehead atoms. The molecule has 0 aliphatic carbocycles. The van der Waals surface area contributed by atoms with E-state index < -0.39 is 18.1 Å². The minimum atomic E-state index is -0.873. The topological polar surface area (TPSA) is 99.1 Å². The van der Waals surface area contributed by atoms with Crippen molar-refractivity contribution in [1.82, 2.24) is 0 Å². The van der Waals surface area contributed by atoms with E-state index in [0.717, 1.165) is 51.4 Å². The van der Waals surface area contributed by atoms with Gasteiger partial charge < -0.3 is 23.8 Å². The smallest absolute Gasteiger partial charge is 0.362 e. The fourth-order valence-corrected chi connectivity index (χ4v) is 7.38. The first-order valence-electron chi connectivity index (χ1n) is 24.2. The SMILES string of the molecule is CCCCC/C=C/CCCCCCCC(=O)OC(COCCC(C(=O)O)[N+](C)(C)C)COC(=O)CCCCCCCCCCCCCCCCCCCCCCC. The Kier molecular flexibility index (Phi) is 39.4. The molecule has 1 N–H and O–H groups in total. The number of carbonyl (C=O) groups excluding carboxylic acids is 2. The van der Waals surface area contributed by atoms with E-state index in [4.69, 9.17) is 14.2 Å². The number of hydrogen-bond acceptors (Lipinski definition) is 6. The maximum absolute atomic E-state index is 12.7. The van der Waals surface area contributed by atoms with Crippen LogP contribution in [0.15, 0.2) is 12.2 Å². The van der Waals surface area contributed by atoms with Crippen LogP contribution in [-0.2, 0) is 28.6 Å². The van der Waals surface area contributed by atoms with Crippen molar-refractivity contribution in [1.29, 1.82) is 0 Å². The Morgan fingerprint density at radius 2 is 0.877 bits per heavy atom. The first-order chi connectivity index (χ1) is 27.6. The largest absolute Gasteiger partial charge is 0.477 e. The number of carboxylic acids is 1. The van der Waals surface area contributed by atoms with Gasteiger partial charge in [0.15, 0.2) is 12.1 Å². The van der Waals surface area contributed by atoms with Gasteiger partial charge in [-0.25, -0.2) is 4.79 Å². The molecule has 0 aliphatic rings. The summed E-state index contributed by atoms with van der Waals surface area (Å²) in [6, 6.07) is -0.612. The van der Waals surface area contributed by atoms with Crippen LogP contribution < -0.4 is 0 Å². The third kappa shape index (κ3) is 39.3. The molecule has 0 aromatic heterocycles. The Labute approximate surface area is 352 Å². The second-order valence-electron chi connectivity index (χ2n) is 17.7. The third-order valence-electron chi connectivity index (χ3n) is 11.2. The van der Waals surface area contributed by atoms with Crippen molar-refractivity contribution in [3.8, 4) is 0 Å². The lowest BCUT2D eigenvalue weighted by molar-refractivity contribution is -0.887. The predicted octanol–water partition coefficient (Wildman–Crippen LogP) is 13.5. The Balaban J connectivity index is 4.17. The highest BCUT2D eigenvalue weighted by Gasteiger charge is 2.31. The van der Waals surface area contributed by atoms with E-state index in [0.29, 0.717) is 19.3 Å². The maximum atomic E-state index is 12.7. The summed E-state index contributed by atoms with van der Waals surface area (Å²) in [7, 11) is 5.53. The molecule has 336 valence electrons. The molecule has 2 unspecified atom stereocenters. The van der Waals surface area contributed by atoms with Crippen LogP contribution in [0.1, 0.15) is 232 Å². The summed E-state index contributed by atoms with van der Waals surface area (Å²) in [5, 5.41) is 9.62. The molecule has 0 radical (unpaired) electrons. The molecule has 0 amide bonds. The highest BCUT2D eigenvalue weighted by Crippen LogP contribution is 2.16. The standard InChI is InChI=1S/C49H93NO7/c1-6-8-10-12-14-16-18-20-21-22-23-24-25-26-27-28-30-31-33-35-37-39-47(51)56-44-45(43-55-42-41-46(49(53)54)50(3,4)5)57-48(52)40-38-36-34-32-29-19-17-15-13-11-9-7-2/h15,17,45-46H,6-14,16,18-44H2,1-5H3/p+1/b17-15+. The van der Waals surface area contributed by atoms with Crippen molar-refractivity contribution >= 4 is 17.9 Å². The number of hydrogen-bond donors (Lipinski definition) is 1. The third-order valence-corrected chi connectivity index (χ3v) is 11.2. The Bertz CT molecular complexity index is 947.